The number of nitrogens with zero attached hydrogens (tertiary/aromatic N) is 8. The van der Waals surface area contributed by atoms with Crippen LogP contribution in [0.15, 0.2) is 93.8 Å². The van der Waals surface area contributed by atoms with E-state index >= 15 is 0 Å². The number of rotatable bonds is 14. The second kappa shape index (κ2) is 14.3. The first-order valence-corrected chi connectivity index (χ1v) is 14.3. The van der Waals surface area contributed by atoms with E-state index in [4.69, 9.17) is 0 Å². The molecule has 4 rings (SSSR count). The smallest absolute Gasteiger partial charge is 0.231 e. The molecule has 2 heterocycles. The topological polar surface area (TPSA) is 67.1 Å². The fourth-order valence-corrected chi connectivity index (χ4v) is 4.63. The van der Waals surface area contributed by atoms with E-state index < -0.39 is 0 Å². The van der Waals surface area contributed by atoms with Crippen molar-refractivity contribution in [3.63, 3.8) is 0 Å². The van der Waals surface area contributed by atoms with Gasteiger partial charge in [-0.05, 0) is 88.8 Å². The van der Waals surface area contributed by atoms with Gasteiger partial charge in [0.25, 0.3) is 0 Å². The van der Waals surface area contributed by atoms with Crippen molar-refractivity contribution in [2.45, 2.75) is 86.0 Å². The Balaban J connectivity index is 1.20. The number of hydrogen-bond acceptors (Lipinski definition) is 4. The zero-order chi connectivity index (χ0) is 27.5. The molecule has 0 saturated heterocycles. The fourth-order valence-electron chi connectivity index (χ4n) is 4.63. The Bertz CT molecular complexity index is 1210. The van der Waals surface area contributed by atoms with Crippen LogP contribution in [-0.2, 0) is 39.0 Å². The lowest BCUT2D eigenvalue weighted by atomic mass is 10.0. The summed E-state index contributed by atoms with van der Waals surface area (Å²) in [5, 5.41) is 17.9. The molecule has 0 spiro atoms. The first-order chi connectivity index (χ1) is 19.1. The molecule has 2 aromatic heterocycles. The van der Waals surface area contributed by atoms with Crippen LogP contribution in [0.25, 0.3) is 0 Å². The van der Waals surface area contributed by atoms with Gasteiger partial charge in [-0.3, -0.25) is 0 Å². The maximum atomic E-state index is 4.50. The van der Waals surface area contributed by atoms with Crippen molar-refractivity contribution in [1.82, 2.24) is 9.13 Å². The average molecular weight is 527 g/mol. The van der Waals surface area contributed by atoms with Crippen molar-refractivity contribution in [3.05, 3.63) is 84.4 Å². The zero-order valence-corrected chi connectivity index (χ0v) is 23.9. The Morgan fingerprint density at radius 3 is 1.31 bits per heavy atom. The van der Waals surface area contributed by atoms with Crippen molar-refractivity contribution in [3.8, 4) is 0 Å². The average Bonchev–Trinajstić information content (AvgIpc) is 3.58. The van der Waals surface area contributed by atoms with Crippen LogP contribution in [-0.4, -0.2) is 9.13 Å². The number of aryl methyl sites for hydroxylation is 6. The molecule has 0 fully saturated rings. The summed E-state index contributed by atoms with van der Waals surface area (Å²) in [6.07, 6.45) is 14.0. The van der Waals surface area contributed by atoms with Gasteiger partial charge in [0.15, 0.2) is 0 Å². The molecule has 0 bridgehead atoms. The molecule has 39 heavy (non-hydrogen) atoms. The van der Waals surface area contributed by atoms with Gasteiger partial charge in [0.1, 0.15) is 11.4 Å². The van der Waals surface area contributed by atoms with Crippen molar-refractivity contribution in [2.24, 2.45) is 20.5 Å². The van der Waals surface area contributed by atoms with Crippen molar-refractivity contribution in [1.29, 1.82) is 0 Å². The van der Waals surface area contributed by atoms with Gasteiger partial charge in [0.05, 0.1) is 51.0 Å². The number of hydrogen-bond donors (Lipinski definition) is 0. The van der Waals surface area contributed by atoms with Crippen LogP contribution in [0.5, 0.6) is 0 Å². The highest BCUT2D eigenvalue weighted by Gasteiger charge is 2.15. The lowest BCUT2D eigenvalue weighted by molar-refractivity contribution is -0.680. The summed E-state index contributed by atoms with van der Waals surface area (Å²) in [4.78, 5) is 0. The van der Waals surface area contributed by atoms with Gasteiger partial charge in [-0.1, -0.05) is 40.9 Å². The highest BCUT2D eigenvalue weighted by atomic mass is 15.3. The molecule has 2 aromatic carbocycles. The molecule has 0 aliphatic rings. The Kier molecular flexibility index (Phi) is 10.3. The minimum absolute atomic E-state index is 0.880. The summed E-state index contributed by atoms with van der Waals surface area (Å²) in [6, 6.07) is 17.0. The van der Waals surface area contributed by atoms with Crippen molar-refractivity contribution >= 4 is 23.3 Å². The maximum absolute atomic E-state index is 4.50. The molecule has 0 N–H and O–H groups in total. The largest absolute Gasteiger partial charge is 0.421 e. The molecule has 8 nitrogen and oxygen atoms in total. The number of imidazole rings is 2. The molecule has 204 valence electrons. The van der Waals surface area contributed by atoms with E-state index in [1.807, 2.05) is 0 Å². The normalized spacial score (nSPS) is 11.8. The molecule has 0 unspecified atom stereocenters. The van der Waals surface area contributed by atoms with E-state index in [1.54, 1.807) is 0 Å². The SMILES string of the molecule is CCn1cc[n+](CC)c1N=Nc1ccc(CCCCCc2ccc(N=Nc3n(CC)cc[n+]3CC)cc2)cc1. The fraction of sp³-hybridized carbons (Fsp3) is 0.419. The summed E-state index contributed by atoms with van der Waals surface area (Å²) < 4.78 is 8.42. The van der Waals surface area contributed by atoms with Gasteiger partial charge in [-0.25, -0.2) is 18.3 Å². The minimum Gasteiger partial charge on any atom is -0.231 e. The molecule has 0 radical (unpaired) electrons. The Morgan fingerprint density at radius 1 is 0.538 bits per heavy atom. The molecule has 0 aliphatic carbocycles. The lowest BCUT2D eigenvalue weighted by Crippen LogP contribution is -2.30. The highest BCUT2D eigenvalue weighted by Crippen LogP contribution is 2.20. The van der Waals surface area contributed by atoms with Crippen LogP contribution >= 0.6 is 0 Å². The predicted molar refractivity (Wildman–Crippen MR) is 154 cm³/mol. The number of unbranched alkanes of at least 4 members (excludes halogenated alkanes) is 2. The zero-order valence-electron chi connectivity index (χ0n) is 23.9. The van der Waals surface area contributed by atoms with Crippen LogP contribution in [0, 0.1) is 0 Å². The van der Waals surface area contributed by atoms with Crippen molar-refractivity contribution in [2.75, 3.05) is 0 Å². The summed E-state index contributed by atoms with van der Waals surface area (Å²) in [6.45, 7) is 12.0. The third-order valence-electron chi connectivity index (χ3n) is 7.06. The Morgan fingerprint density at radius 2 is 0.949 bits per heavy atom. The second-order valence-corrected chi connectivity index (χ2v) is 9.63. The van der Waals surface area contributed by atoms with Gasteiger partial charge in [-0.15, -0.1) is 0 Å². The summed E-state index contributed by atoms with van der Waals surface area (Å²) in [5.74, 6) is 1.77. The standard InChI is InChI=1S/C31H42N8/c1-5-36-22-23-37(6-2)30(36)34-32-28-18-14-26(15-19-28)12-10-9-11-13-27-16-20-29(21-17-27)33-35-31-38(7-3)24-25-39(31)8-4/h14-25H,5-13H2,1-4H3/q+2. The van der Waals surface area contributed by atoms with Crippen molar-refractivity contribution < 1.29 is 9.13 Å². The van der Waals surface area contributed by atoms with Gasteiger partial charge in [-0.2, -0.15) is 0 Å². The predicted octanol–water partition coefficient (Wildman–Crippen LogP) is 7.73. The number of azo groups is 2. The van der Waals surface area contributed by atoms with E-state index in [0.717, 1.165) is 62.3 Å². The Hall–Kier alpha value is -3.94. The van der Waals surface area contributed by atoms with Gasteiger partial charge in [0, 0.05) is 10.2 Å². The first-order valence-electron chi connectivity index (χ1n) is 14.3. The minimum atomic E-state index is 0.880. The van der Waals surface area contributed by atoms with Gasteiger partial charge in [0.2, 0.25) is 0 Å². The van der Waals surface area contributed by atoms with Crippen LogP contribution in [0.3, 0.4) is 0 Å². The summed E-state index contributed by atoms with van der Waals surface area (Å²) in [7, 11) is 0. The van der Waals surface area contributed by atoms with Gasteiger partial charge < -0.3 is 0 Å². The van der Waals surface area contributed by atoms with Crippen LogP contribution < -0.4 is 9.13 Å². The van der Waals surface area contributed by atoms with E-state index in [9.17, 15) is 0 Å². The van der Waals surface area contributed by atoms with E-state index in [2.05, 4.69) is 140 Å². The summed E-state index contributed by atoms with van der Waals surface area (Å²) in [5.41, 5.74) is 4.47. The van der Waals surface area contributed by atoms with Crippen LogP contribution in [0.4, 0.5) is 23.3 Å². The van der Waals surface area contributed by atoms with E-state index in [0.29, 0.717) is 0 Å². The molecule has 4 aromatic rings. The molecule has 8 heteroatoms. The lowest BCUT2D eigenvalue weighted by Gasteiger charge is -2.03. The molecule has 0 amide bonds. The number of aromatic nitrogens is 4. The van der Waals surface area contributed by atoms with Crippen LogP contribution in [0.2, 0.25) is 0 Å². The molecular formula is C31H42N8+2. The summed E-state index contributed by atoms with van der Waals surface area (Å²) >= 11 is 0. The third-order valence-corrected chi connectivity index (χ3v) is 7.06. The second-order valence-electron chi connectivity index (χ2n) is 9.63. The first kappa shape index (κ1) is 28.1. The number of benzene rings is 2. The molecular weight excluding hydrogens is 484 g/mol. The van der Waals surface area contributed by atoms with E-state index in [1.165, 1.54) is 30.4 Å². The van der Waals surface area contributed by atoms with Crippen LogP contribution in [0.1, 0.15) is 58.1 Å². The highest BCUT2D eigenvalue weighted by molar-refractivity contribution is 5.39. The van der Waals surface area contributed by atoms with Gasteiger partial charge >= 0.3 is 11.9 Å². The quantitative estimate of drug-likeness (QED) is 0.0917. The molecule has 0 aliphatic heterocycles. The van der Waals surface area contributed by atoms with E-state index in [-0.39, 0.29) is 0 Å². The Labute approximate surface area is 232 Å². The monoisotopic (exact) mass is 526 g/mol. The third kappa shape index (κ3) is 7.56. The maximum Gasteiger partial charge on any atom is 0.421 e. The molecule has 0 saturated carbocycles. The molecule has 0 atom stereocenters.